The van der Waals surface area contributed by atoms with Gasteiger partial charge in [-0.3, -0.25) is 35.9 Å². The van der Waals surface area contributed by atoms with Gasteiger partial charge in [-0.2, -0.15) is 0 Å². The number of carbonyl (C=O) groups is 1. The second kappa shape index (κ2) is 10.3. The molecule has 0 saturated heterocycles. The van der Waals surface area contributed by atoms with Gasteiger partial charge in [0.15, 0.2) is 0 Å². The Morgan fingerprint density at radius 2 is 1.68 bits per heavy atom. The fourth-order valence-electron chi connectivity index (χ4n) is 2.83. The van der Waals surface area contributed by atoms with Crippen LogP contribution in [0, 0.1) is 20.2 Å². The molecule has 176 valence electrons. The summed E-state index contributed by atoms with van der Waals surface area (Å²) >= 11 is 6.14. The number of para-hydroxylation sites is 1. The van der Waals surface area contributed by atoms with E-state index in [9.17, 15) is 25.0 Å². The van der Waals surface area contributed by atoms with Crippen molar-refractivity contribution < 1.29 is 24.1 Å². The molecule has 3 N–H and O–H groups in total. The van der Waals surface area contributed by atoms with E-state index >= 15 is 0 Å². The Hall–Kier alpha value is -4.72. The monoisotopic (exact) mass is 489 g/mol. The van der Waals surface area contributed by atoms with E-state index in [1.807, 2.05) is 0 Å². The molecule has 0 unspecified atom stereocenters. The number of benzene rings is 2. The number of nitro groups is 2. The number of amides is 1. The normalized spacial score (nSPS) is 10.2. The van der Waals surface area contributed by atoms with Crippen LogP contribution in [0.1, 0.15) is 10.4 Å². The van der Waals surface area contributed by atoms with Gasteiger partial charge in [-0.25, -0.2) is 9.97 Å². The maximum Gasteiger partial charge on any atom is 0.355 e. The number of aromatic nitrogens is 2. The van der Waals surface area contributed by atoms with Crippen LogP contribution in [0.5, 0.6) is 11.5 Å². The smallest absolute Gasteiger partial charge is 0.355 e. The topological polar surface area (TPSA) is 184 Å². The van der Waals surface area contributed by atoms with Crippen molar-refractivity contribution in [3.8, 4) is 11.5 Å². The third-order valence-corrected chi connectivity index (χ3v) is 4.67. The van der Waals surface area contributed by atoms with Gasteiger partial charge < -0.3 is 14.8 Å². The quantitative estimate of drug-likeness (QED) is 0.295. The summed E-state index contributed by atoms with van der Waals surface area (Å²) in [6, 6.07) is 8.12. The number of anilines is 3. The van der Waals surface area contributed by atoms with E-state index in [4.69, 9.17) is 21.1 Å². The number of carbonyl (C=O) groups excluding carboxylic acids is 1. The Morgan fingerprint density at radius 3 is 2.32 bits per heavy atom. The van der Waals surface area contributed by atoms with Crippen molar-refractivity contribution in [2.45, 2.75) is 0 Å². The van der Waals surface area contributed by atoms with Crippen LogP contribution < -0.4 is 25.6 Å². The van der Waals surface area contributed by atoms with E-state index in [1.54, 1.807) is 0 Å². The van der Waals surface area contributed by atoms with Crippen LogP contribution in [0.25, 0.3) is 0 Å². The van der Waals surface area contributed by atoms with Crippen molar-refractivity contribution in [1.29, 1.82) is 0 Å². The number of methoxy groups -OCH3 is 2. The second-order valence-corrected chi connectivity index (χ2v) is 6.75. The summed E-state index contributed by atoms with van der Waals surface area (Å²) in [6.07, 6.45) is 1.01. The molecule has 0 aliphatic carbocycles. The molecule has 0 aliphatic heterocycles. The Labute approximate surface area is 196 Å². The first-order chi connectivity index (χ1) is 16.3. The van der Waals surface area contributed by atoms with Gasteiger partial charge in [0.25, 0.3) is 11.6 Å². The predicted molar refractivity (Wildman–Crippen MR) is 121 cm³/mol. The molecule has 34 heavy (non-hydrogen) atoms. The van der Waals surface area contributed by atoms with Crippen LogP contribution in [-0.4, -0.2) is 39.9 Å². The number of rotatable bonds is 9. The predicted octanol–water partition coefficient (Wildman–Crippen LogP) is 3.46. The van der Waals surface area contributed by atoms with Gasteiger partial charge in [0.1, 0.15) is 23.4 Å². The lowest BCUT2D eigenvalue weighted by atomic mass is 10.2. The maximum atomic E-state index is 12.4. The number of hydrazine groups is 1. The second-order valence-electron chi connectivity index (χ2n) is 6.34. The average Bonchev–Trinajstić information content (AvgIpc) is 2.82. The lowest BCUT2D eigenvalue weighted by molar-refractivity contribution is -0.385. The molecule has 0 spiro atoms. The molecule has 0 atom stereocenters. The third kappa shape index (κ3) is 5.02. The molecular weight excluding hydrogens is 474 g/mol. The highest BCUT2D eigenvalue weighted by Gasteiger charge is 2.26. The molecule has 0 radical (unpaired) electrons. The van der Waals surface area contributed by atoms with Crippen LogP contribution in [0.4, 0.5) is 28.7 Å². The number of ether oxygens (including phenoxy) is 2. The van der Waals surface area contributed by atoms with Crippen molar-refractivity contribution in [3.05, 3.63) is 73.5 Å². The summed E-state index contributed by atoms with van der Waals surface area (Å²) in [5.41, 5.74) is 3.39. The van der Waals surface area contributed by atoms with E-state index in [2.05, 4.69) is 26.1 Å². The summed E-state index contributed by atoms with van der Waals surface area (Å²) in [4.78, 5) is 41.5. The summed E-state index contributed by atoms with van der Waals surface area (Å²) < 4.78 is 10.4. The first-order valence-electron chi connectivity index (χ1n) is 9.24. The minimum absolute atomic E-state index is 0.206. The van der Waals surface area contributed by atoms with Crippen molar-refractivity contribution in [3.63, 3.8) is 0 Å². The summed E-state index contributed by atoms with van der Waals surface area (Å²) in [5, 5.41) is 25.9. The fraction of sp³-hybridized carbons (Fsp3) is 0.105. The minimum atomic E-state index is -0.904. The summed E-state index contributed by atoms with van der Waals surface area (Å²) in [5.74, 6) is -0.956. The van der Waals surface area contributed by atoms with Gasteiger partial charge in [-0.1, -0.05) is 23.7 Å². The molecule has 0 aliphatic rings. The Kier molecular flexibility index (Phi) is 7.23. The highest BCUT2D eigenvalue weighted by Crippen LogP contribution is 2.39. The van der Waals surface area contributed by atoms with Crippen molar-refractivity contribution in [1.82, 2.24) is 15.4 Å². The zero-order valence-corrected chi connectivity index (χ0v) is 18.3. The van der Waals surface area contributed by atoms with Crippen molar-refractivity contribution in [2.24, 2.45) is 0 Å². The van der Waals surface area contributed by atoms with Crippen LogP contribution in [0.15, 0.2) is 42.7 Å². The van der Waals surface area contributed by atoms with E-state index in [0.29, 0.717) is 5.75 Å². The third-order valence-electron chi connectivity index (χ3n) is 4.37. The van der Waals surface area contributed by atoms with Gasteiger partial charge >= 0.3 is 5.69 Å². The number of nitro benzene ring substituents is 1. The molecule has 15 heteroatoms. The van der Waals surface area contributed by atoms with Gasteiger partial charge in [0, 0.05) is 12.1 Å². The van der Waals surface area contributed by atoms with E-state index in [1.165, 1.54) is 44.6 Å². The largest absolute Gasteiger partial charge is 0.495 e. The standard InChI is InChI=1S/C19H16ClN7O7/c1-33-14-8-15(34-2)12(7-11(14)20)23-17-16(27(31)32)18(22-9-21-17)24-25-19(28)10-5-3-4-6-13(10)26(29)30/h3-9H,1-2H3,(H,25,28)(H2,21,22,23,24). The SMILES string of the molecule is COc1cc(OC)c(Nc2ncnc(NNC(=O)c3ccccc3[N+](=O)[O-])c2[N+](=O)[O-])cc1Cl. The number of nitrogens with one attached hydrogen (secondary N) is 3. The summed E-state index contributed by atoms with van der Waals surface area (Å²) in [7, 11) is 2.80. The van der Waals surface area contributed by atoms with Gasteiger partial charge in [-0.05, 0) is 12.1 Å². The van der Waals surface area contributed by atoms with Gasteiger partial charge in [0.05, 0.1) is 34.8 Å². The van der Waals surface area contributed by atoms with Crippen molar-refractivity contribution in [2.75, 3.05) is 25.0 Å². The highest BCUT2D eigenvalue weighted by atomic mass is 35.5. The van der Waals surface area contributed by atoms with Crippen LogP contribution >= 0.6 is 11.6 Å². The molecule has 1 heterocycles. The van der Waals surface area contributed by atoms with Crippen LogP contribution in [0.2, 0.25) is 5.02 Å². The molecule has 1 amide bonds. The minimum Gasteiger partial charge on any atom is -0.495 e. The zero-order valence-electron chi connectivity index (χ0n) is 17.6. The summed E-state index contributed by atoms with van der Waals surface area (Å²) in [6.45, 7) is 0. The highest BCUT2D eigenvalue weighted by molar-refractivity contribution is 6.32. The molecule has 0 fully saturated rings. The molecule has 14 nitrogen and oxygen atoms in total. The molecule has 0 bridgehead atoms. The number of hydrogen-bond donors (Lipinski definition) is 3. The number of halogens is 1. The lowest BCUT2D eigenvalue weighted by Crippen LogP contribution is -2.30. The number of hydrogen-bond acceptors (Lipinski definition) is 11. The van der Waals surface area contributed by atoms with E-state index < -0.39 is 27.1 Å². The average molecular weight is 490 g/mol. The molecule has 2 aromatic carbocycles. The first-order valence-corrected chi connectivity index (χ1v) is 9.62. The Bertz CT molecular complexity index is 1270. The molecular formula is C19H16ClN7O7. The van der Waals surface area contributed by atoms with Crippen molar-refractivity contribution >= 4 is 46.2 Å². The lowest BCUT2D eigenvalue weighted by Gasteiger charge is -2.14. The van der Waals surface area contributed by atoms with E-state index in [-0.39, 0.29) is 33.7 Å². The fourth-order valence-corrected chi connectivity index (χ4v) is 3.07. The first kappa shape index (κ1) is 23.9. The van der Waals surface area contributed by atoms with Crippen LogP contribution in [0.3, 0.4) is 0 Å². The molecule has 3 aromatic rings. The zero-order chi connectivity index (χ0) is 24.8. The molecule has 0 saturated carbocycles. The van der Waals surface area contributed by atoms with Gasteiger partial charge in [0.2, 0.25) is 11.6 Å². The Morgan fingerprint density at radius 1 is 1.00 bits per heavy atom. The molecule has 1 aromatic heterocycles. The van der Waals surface area contributed by atoms with Gasteiger partial charge in [-0.15, -0.1) is 0 Å². The molecule has 3 rings (SSSR count). The maximum absolute atomic E-state index is 12.4. The van der Waals surface area contributed by atoms with E-state index in [0.717, 1.165) is 12.4 Å². The number of nitrogens with zero attached hydrogens (tertiary/aromatic N) is 4. The Balaban J connectivity index is 1.91. The van der Waals surface area contributed by atoms with Crippen LogP contribution in [-0.2, 0) is 0 Å².